The van der Waals surface area contributed by atoms with Crippen LogP contribution in [-0.2, 0) is 0 Å². The van der Waals surface area contributed by atoms with Crippen LogP contribution in [0.4, 0.5) is 0 Å². The molecule has 0 unspecified atom stereocenters. The summed E-state index contributed by atoms with van der Waals surface area (Å²) in [4.78, 5) is 2.50. The van der Waals surface area contributed by atoms with Crippen molar-refractivity contribution in [1.82, 2.24) is 4.90 Å². The van der Waals surface area contributed by atoms with Crippen molar-refractivity contribution >= 4 is 0 Å². The van der Waals surface area contributed by atoms with E-state index in [2.05, 4.69) is 18.7 Å². The van der Waals surface area contributed by atoms with E-state index in [1.165, 1.54) is 19.3 Å². The minimum atomic E-state index is -0.0707. The summed E-state index contributed by atoms with van der Waals surface area (Å²) in [6.45, 7) is 5.37. The molecule has 0 radical (unpaired) electrons. The number of nitrogens with zero attached hydrogens (tertiary/aromatic N) is 1. The van der Waals surface area contributed by atoms with Crippen LogP contribution in [0.5, 0.6) is 0 Å². The summed E-state index contributed by atoms with van der Waals surface area (Å²) in [5.74, 6) is 0. The molecule has 2 heteroatoms. The van der Waals surface area contributed by atoms with Crippen LogP contribution in [0, 0.1) is 0 Å². The predicted molar refractivity (Wildman–Crippen MR) is 49.0 cm³/mol. The standard InChI is InChI=1S/C10H19NO/c1-8(2)11-7-9(12)3-4-10(11)5-6-10/h8-9,12H,3-7H2,1-2H3/t9-/m0/s1. The van der Waals surface area contributed by atoms with Crippen LogP contribution in [0.15, 0.2) is 0 Å². The van der Waals surface area contributed by atoms with Gasteiger partial charge in [0.25, 0.3) is 0 Å². The van der Waals surface area contributed by atoms with E-state index in [1.54, 1.807) is 0 Å². The predicted octanol–water partition coefficient (Wildman–Crippen LogP) is 1.38. The number of hydrogen-bond acceptors (Lipinski definition) is 2. The fourth-order valence-electron chi connectivity index (χ4n) is 2.53. The molecule has 1 atom stereocenters. The maximum Gasteiger partial charge on any atom is 0.0668 e. The van der Waals surface area contributed by atoms with Crippen molar-refractivity contribution in [2.24, 2.45) is 0 Å². The number of piperidine rings is 1. The molecule has 2 nitrogen and oxygen atoms in total. The van der Waals surface area contributed by atoms with Gasteiger partial charge in [-0.2, -0.15) is 0 Å². The second-order valence-corrected chi connectivity index (χ2v) is 4.66. The zero-order valence-electron chi connectivity index (χ0n) is 8.08. The molecule has 0 amide bonds. The van der Waals surface area contributed by atoms with Crippen LogP contribution in [-0.4, -0.2) is 34.2 Å². The lowest BCUT2D eigenvalue weighted by Crippen LogP contribution is -2.50. The van der Waals surface area contributed by atoms with Gasteiger partial charge < -0.3 is 5.11 Å². The first-order chi connectivity index (χ1) is 5.64. The highest BCUT2D eigenvalue weighted by Gasteiger charge is 2.51. The Bertz CT molecular complexity index is 175. The minimum absolute atomic E-state index is 0.0707. The molecule has 70 valence electrons. The smallest absolute Gasteiger partial charge is 0.0668 e. The lowest BCUT2D eigenvalue weighted by Gasteiger charge is -2.41. The topological polar surface area (TPSA) is 23.5 Å². The molecule has 0 bridgehead atoms. The first-order valence-corrected chi connectivity index (χ1v) is 5.09. The Morgan fingerprint density at radius 1 is 1.33 bits per heavy atom. The van der Waals surface area contributed by atoms with Gasteiger partial charge in [0.15, 0.2) is 0 Å². The Kier molecular flexibility index (Phi) is 1.92. The third-order valence-electron chi connectivity index (χ3n) is 3.41. The summed E-state index contributed by atoms with van der Waals surface area (Å²) in [6.07, 6.45) is 4.88. The number of likely N-dealkylation sites (tertiary alicyclic amines) is 1. The first-order valence-electron chi connectivity index (χ1n) is 5.09. The number of hydrogen-bond donors (Lipinski definition) is 1. The third-order valence-corrected chi connectivity index (χ3v) is 3.41. The van der Waals surface area contributed by atoms with Crippen LogP contribution in [0.25, 0.3) is 0 Å². The summed E-state index contributed by atoms with van der Waals surface area (Å²) in [7, 11) is 0. The molecule has 1 saturated carbocycles. The van der Waals surface area contributed by atoms with Gasteiger partial charge in [-0.05, 0) is 39.5 Å². The third kappa shape index (κ3) is 1.27. The van der Waals surface area contributed by atoms with Gasteiger partial charge in [0.05, 0.1) is 6.10 Å². The second-order valence-electron chi connectivity index (χ2n) is 4.66. The van der Waals surface area contributed by atoms with Crippen LogP contribution < -0.4 is 0 Å². The molecule has 12 heavy (non-hydrogen) atoms. The van der Waals surface area contributed by atoms with Gasteiger partial charge >= 0.3 is 0 Å². The molecule has 1 N–H and O–H groups in total. The van der Waals surface area contributed by atoms with Crippen molar-refractivity contribution < 1.29 is 5.11 Å². The fourth-order valence-corrected chi connectivity index (χ4v) is 2.53. The Morgan fingerprint density at radius 3 is 2.50 bits per heavy atom. The summed E-state index contributed by atoms with van der Waals surface area (Å²) in [5.41, 5.74) is 0.521. The highest BCUT2D eigenvalue weighted by Crippen LogP contribution is 2.49. The summed E-state index contributed by atoms with van der Waals surface area (Å²) < 4.78 is 0. The van der Waals surface area contributed by atoms with Gasteiger partial charge in [-0.1, -0.05) is 0 Å². The van der Waals surface area contributed by atoms with Gasteiger partial charge in [-0.25, -0.2) is 0 Å². The van der Waals surface area contributed by atoms with Gasteiger partial charge in [-0.3, -0.25) is 4.90 Å². The summed E-state index contributed by atoms with van der Waals surface area (Å²) in [6, 6.07) is 0.599. The summed E-state index contributed by atoms with van der Waals surface area (Å²) >= 11 is 0. The molecular formula is C10H19NO. The van der Waals surface area contributed by atoms with Crippen LogP contribution >= 0.6 is 0 Å². The molecule has 2 rings (SSSR count). The summed E-state index contributed by atoms with van der Waals surface area (Å²) in [5, 5.41) is 9.55. The Morgan fingerprint density at radius 2 is 2.00 bits per heavy atom. The number of rotatable bonds is 1. The van der Waals surface area contributed by atoms with E-state index < -0.39 is 0 Å². The van der Waals surface area contributed by atoms with E-state index in [9.17, 15) is 5.11 Å². The molecule has 2 fully saturated rings. The van der Waals surface area contributed by atoms with Crippen molar-refractivity contribution in [3.05, 3.63) is 0 Å². The quantitative estimate of drug-likeness (QED) is 0.641. The Balaban J connectivity index is 2.06. The second kappa shape index (κ2) is 2.71. The normalized spacial score (nSPS) is 34.5. The molecule has 0 aromatic heterocycles. The largest absolute Gasteiger partial charge is 0.392 e. The van der Waals surface area contributed by atoms with E-state index in [0.717, 1.165) is 13.0 Å². The molecule has 1 aliphatic carbocycles. The first kappa shape index (κ1) is 8.52. The van der Waals surface area contributed by atoms with Crippen LogP contribution in [0.3, 0.4) is 0 Å². The van der Waals surface area contributed by atoms with E-state index in [0.29, 0.717) is 11.6 Å². The lowest BCUT2D eigenvalue weighted by atomic mass is 9.96. The maximum atomic E-state index is 9.55. The monoisotopic (exact) mass is 169 g/mol. The molecule has 1 saturated heterocycles. The zero-order valence-corrected chi connectivity index (χ0v) is 8.08. The van der Waals surface area contributed by atoms with Gasteiger partial charge in [0, 0.05) is 18.1 Å². The van der Waals surface area contributed by atoms with E-state index in [4.69, 9.17) is 0 Å². The van der Waals surface area contributed by atoms with Crippen molar-refractivity contribution in [2.75, 3.05) is 6.54 Å². The maximum absolute atomic E-state index is 9.55. The van der Waals surface area contributed by atoms with Crippen LogP contribution in [0.1, 0.15) is 39.5 Å². The molecular weight excluding hydrogens is 150 g/mol. The zero-order chi connectivity index (χ0) is 8.77. The van der Waals surface area contributed by atoms with Gasteiger partial charge in [0.2, 0.25) is 0 Å². The lowest BCUT2D eigenvalue weighted by molar-refractivity contribution is 0.00597. The average molecular weight is 169 g/mol. The minimum Gasteiger partial charge on any atom is -0.392 e. The molecule has 0 aromatic rings. The molecule has 1 aliphatic heterocycles. The van der Waals surface area contributed by atoms with Crippen molar-refractivity contribution in [1.29, 1.82) is 0 Å². The highest BCUT2D eigenvalue weighted by atomic mass is 16.3. The number of aliphatic hydroxyl groups excluding tert-OH is 1. The molecule has 1 heterocycles. The fraction of sp³-hybridized carbons (Fsp3) is 1.00. The Hall–Kier alpha value is -0.0800. The van der Waals surface area contributed by atoms with E-state index >= 15 is 0 Å². The van der Waals surface area contributed by atoms with Gasteiger partial charge in [-0.15, -0.1) is 0 Å². The number of β-amino-alcohol motifs (C(OH)–C–C–N with tert-alkyl or cyclic N) is 1. The molecule has 0 aromatic carbocycles. The van der Waals surface area contributed by atoms with Crippen molar-refractivity contribution in [3.8, 4) is 0 Å². The Labute approximate surface area is 74.6 Å². The molecule has 1 spiro atoms. The van der Waals surface area contributed by atoms with E-state index in [-0.39, 0.29) is 6.10 Å². The van der Waals surface area contributed by atoms with Crippen molar-refractivity contribution in [3.63, 3.8) is 0 Å². The SMILES string of the molecule is CC(C)N1C[C@@H](O)CCC12CC2. The van der Waals surface area contributed by atoms with Crippen LogP contribution in [0.2, 0.25) is 0 Å². The van der Waals surface area contributed by atoms with Crippen molar-refractivity contribution in [2.45, 2.75) is 57.2 Å². The average Bonchev–Trinajstić information content (AvgIpc) is 2.76. The van der Waals surface area contributed by atoms with Gasteiger partial charge in [0.1, 0.15) is 0 Å². The number of aliphatic hydroxyl groups is 1. The highest BCUT2D eigenvalue weighted by molar-refractivity contribution is 5.07. The molecule has 2 aliphatic rings. The van der Waals surface area contributed by atoms with E-state index in [1.807, 2.05) is 0 Å².